The molecule has 30 heavy (non-hydrogen) atoms. The molecule has 1 saturated heterocycles. The lowest BCUT2D eigenvalue weighted by Crippen LogP contribution is -2.38. The van der Waals surface area contributed by atoms with Crippen LogP contribution in [0.15, 0.2) is 59.8 Å². The Morgan fingerprint density at radius 2 is 1.90 bits per heavy atom. The fourth-order valence-corrected chi connectivity index (χ4v) is 3.92. The number of rotatable bonds is 7. The fourth-order valence-electron chi connectivity index (χ4n) is 3.18. The average molecular weight is 428 g/mol. The van der Waals surface area contributed by atoms with E-state index >= 15 is 0 Å². The Morgan fingerprint density at radius 3 is 2.67 bits per heavy atom. The van der Waals surface area contributed by atoms with Crippen LogP contribution in [-0.4, -0.2) is 52.7 Å². The molecule has 1 amide bonds. The SMILES string of the molecule is O=C(CSc1nnc(N2CCOCC2)n1Cc1ccccc1)Nc1cccc(F)c1. The van der Waals surface area contributed by atoms with Crippen LogP contribution in [0.4, 0.5) is 16.0 Å². The van der Waals surface area contributed by atoms with Crippen LogP contribution < -0.4 is 10.2 Å². The van der Waals surface area contributed by atoms with Crippen LogP contribution in [0.25, 0.3) is 0 Å². The summed E-state index contributed by atoms with van der Waals surface area (Å²) in [4.78, 5) is 14.5. The highest BCUT2D eigenvalue weighted by atomic mass is 32.2. The standard InChI is InChI=1S/C21H22FN5O2S/c22-17-7-4-8-18(13-17)23-19(28)15-30-21-25-24-20(26-9-11-29-12-10-26)27(21)14-16-5-2-1-3-6-16/h1-8,13H,9-12,14-15H2,(H,23,28). The van der Waals surface area contributed by atoms with Crippen molar-refractivity contribution in [3.8, 4) is 0 Å². The number of hydrogen-bond acceptors (Lipinski definition) is 6. The van der Waals surface area contributed by atoms with Crippen molar-refractivity contribution in [1.29, 1.82) is 0 Å². The van der Waals surface area contributed by atoms with Gasteiger partial charge in [0.15, 0.2) is 5.16 Å². The van der Waals surface area contributed by atoms with Crippen molar-refractivity contribution in [2.45, 2.75) is 11.7 Å². The first-order valence-electron chi connectivity index (χ1n) is 9.67. The van der Waals surface area contributed by atoms with Crippen molar-refractivity contribution in [2.24, 2.45) is 0 Å². The lowest BCUT2D eigenvalue weighted by Gasteiger charge is -2.28. The largest absolute Gasteiger partial charge is 0.378 e. The van der Waals surface area contributed by atoms with Gasteiger partial charge in [-0.2, -0.15) is 0 Å². The van der Waals surface area contributed by atoms with Crippen LogP contribution in [0.1, 0.15) is 5.56 Å². The van der Waals surface area contributed by atoms with Crippen molar-refractivity contribution in [1.82, 2.24) is 14.8 Å². The van der Waals surface area contributed by atoms with Gasteiger partial charge in [0.2, 0.25) is 11.9 Å². The summed E-state index contributed by atoms with van der Waals surface area (Å²) in [5.41, 5.74) is 1.55. The van der Waals surface area contributed by atoms with Crippen LogP contribution in [0.2, 0.25) is 0 Å². The predicted molar refractivity (Wildman–Crippen MR) is 114 cm³/mol. The average Bonchev–Trinajstić information content (AvgIpc) is 3.16. The molecular formula is C21H22FN5O2S. The molecule has 2 aromatic carbocycles. The van der Waals surface area contributed by atoms with Gasteiger partial charge in [0.1, 0.15) is 5.82 Å². The van der Waals surface area contributed by atoms with Crippen molar-refractivity contribution in [3.05, 3.63) is 66.0 Å². The molecule has 0 spiro atoms. The van der Waals surface area contributed by atoms with E-state index in [-0.39, 0.29) is 11.7 Å². The van der Waals surface area contributed by atoms with Gasteiger partial charge in [-0.3, -0.25) is 9.36 Å². The summed E-state index contributed by atoms with van der Waals surface area (Å²) in [6.45, 7) is 3.40. The van der Waals surface area contributed by atoms with Gasteiger partial charge in [0.05, 0.1) is 25.5 Å². The molecule has 0 atom stereocenters. The van der Waals surface area contributed by atoms with E-state index in [4.69, 9.17) is 4.74 Å². The van der Waals surface area contributed by atoms with Crippen LogP contribution in [0, 0.1) is 5.82 Å². The van der Waals surface area contributed by atoms with Crippen LogP contribution >= 0.6 is 11.8 Å². The van der Waals surface area contributed by atoms with Crippen molar-refractivity contribution in [2.75, 3.05) is 42.3 Å². The number of halogens is 1. The second-order valence-corrected chi connectivity index (χ2v) is 7.74. The van der Waals surface area contributed by atoms with Gasteiger partial charge in [-0.25, -0.2) is 4.39 Å². The first kappa shape index (κ1) is 20.4. The normalized spacial score (nSPS) is 14.0. The van der Waals surface area contributed by atoms with Crippen molar-refractivity contribution < 1.29 is 13.9 Å². The molecule has 9 heteroatoms. The maximum atomic E-state index is 13.3. The number of hydrogen-bond donors (Lipinski definition) is 1. The summed E-state index contributed by atoms with van der Waals surface area (Å²) < 4.78 is 20.8. The number of benzene rings is 2. The van der Waals surface area contributed by atoms with E-state index in [1.807, 2.05) is 34.9 Å². The molecule has 156 valence electrons. The molecule has 2 heterocycles. The quantitative estimate of drug-likeness (QED) is 0.585. The molecule has 0 saturated carbocycles. The number of ether oxygens (including phenoxy) is 1. The predicted octanol–water partition coefficient (Wildman–Crippen LogP) is 3.03. The van der Waals surface area contributed by atoms with Crippen LogP contribution in [-0.2, 0) is 16.1 Å². The number of aromatic nitrogens is 3. The zero-order valence-electron chi connectivity index (χ0n) is 16.3. The minimum absolute atomic E-state index is 0.145. The maximum absolute atomic E-state index is 13.3. The van der Waals surface area contributed by atoms with Crippen molar-refractivity contribution in [3.63, 3.8) is 0 Å². The zero-order valence-corrected chi connectivity index (χ0v) is 17.1. The molecule has 1 N–H and O–H groups in total. The van der Waals surface area contributed by atoms with Gasteiger partial charge in [0, 0.05) is 18.8 Å². The number of carbonyl (C=O) groups excluding carboxylic acids is 1. The third kappa shape index (κ3) is 5.17. The summed E-state index contributed by atoms with van der Waals surface area (Å²) in [6, 6.07) is 15.9. The van der Waals surface area contributed by atoms with Gasteiger partial charge in [-0.1, -0.05) is 48.2 Å². The van der Waals surface area contributed by atoms with E-state index in [2.05, 4.69) is 20.4 Å². The number of nitrogens with zero attached hydrogens (tertiary/aromatic N) is 4. The second kappa shape index (κ2) is 9.73. The van der Waals surface area contributed by atoms with Gasteiger partial charge in [-0.05, 0) is 23.8 Å². The highest BCUT2D eigenvalue weighted by Gasteiger charge is 2.21. The fraction of sp³-hybridized carbons (Fsp3) is 0.286. The number of thioether (sulfide) groups is 1. The van der Waals surface area contributed by atoms with Gasteiger partial charge in [-0.15, -0.1) is 10.2 Å². The molecule has 1 aromatic heterocycles. The van der Waals surface area contributed by atoms with Gasteiger partial charge in [0.25, 0.3) is 0 Å². The molecule has 0 unspecified atom stereocenters. The third-order valence-corrected chi connectivity index (χ3v) is 5.58. The summed E-state index contributed by atoms with van der Waals surface area (Å²) >= 11 is 1.31. The number of amides is 1. The monoisotopic (exact) mass is 427 g/mol. The smallest absolute Gasteiger partial charge is 0.234 e. The molecule has 0 radical (unpaired) electrons. The van der Waals surface area contributed by atoms with Gasteiger partial charge >= 0.3 is 0 Å². The minimum atomic E-state index is -0.391. The number of morpholine rings is 1. The highest BCUT2D eigenvalue weighted by molar-refractivity contribution is 7.99. The first-order valence-corrected chi connectivity index (χ1v) is 10.7. The van der Waals surface area contributed by atoms with Gasteiger partial charge < -0.3 is 15.0 Å². The number of anilines is 2. The second-order valence-electron chi connectivity index (χ2n) is 6.80. The Hall–Kier alpha value is -2.91. The summed E-state index contributed by atoms with van der Waals surface area (Å²) in [6.07, 6.45) is 0. The van der Waals surface area contributed by atoms with E-state index in [9.17, 15) is 9.18 Å². The Bertz CT molecular complexity index is 992. The van der Waals surface area contributed by atoms with E-state index < -0.39 is 5.82 Å². The Balaban J connectivity index is 1.48. The minimum Gasteiger partial charge on any atom is -0.378 e. The molecule has 4 rings (SSSR count). The molecule has 7 nitrogen and oxygen atoms in total. The summed E-state index contributed by atoms with van der Waals surface area (Å²) in [5.74, 6) is 0.299. The zero-order chi connectivity index (χ0) is 20.8. The lowest BCUT2D eigenvalue weighted by molar-refractivity contribution is -0.113. The highest BCUT2D eigenvalue weighted by Crippen LogP contribution is 2.24. The van der Waals surface area contributed by atoms with Crippen LogP contribution in [0.3, 0.4) is 0 Å². The molecule has 3 aromatic rings. The molecule has 1 fully saturated rings. The number of nitrogens with one attached hydrogen (secondary N) is 1. The Morgan fingerprint density at radius 1 is 1.10 bits per heavy atom. The van der Waals surface area contributed by atoms with E-state index in [1.54, 1.807) is 12.1 Å². The topological polar surface area (TPSA) is 72.3 Å². The number of carbonyl (C=O) groups is 1. The maximum Gasteiger partial charge on any atom is 0.234 e. The van der Waals surface area contributed by atoms with E-state index in [0.717, 1.165) is 24.6 Å². The molecular weight excluding hydrogens is 405 g/mol. The third-order valence-electron chi connectivity index (χ3n) is 4.62. The lowest BCUT2D eigenvalue weighted by atomic mass is 10.2. The van der Waals surface area contributed by atoms with Crippen LogP contribution in [0.5, 0.6) is 0 Å². The molecule has 0 aliphatic carbocycles. The Labute approximate surface area is 178 Å². The van der Waals surface area contributed by atoms with E-state index in [0.29, 0.717) is 30.6 Å². The first-order chi connectivity index (χ1) is 14.7. The molecule has 1 aliphatic heterocycles. The Kier molecular flexibility index (Phi) is 6.60. The summed E-state index contributed by atoms with van der Waals surface area (Å²) in [5, 5.41) is 12.1. The molecule has 1 aliphatic rings. The van der Waals surface area contributed by atoms with E-state index in [1.165, 1.54) is 23.9 Å². The van der Waals surface area contributed by atoms with Crippen molar-refractivity contribution >= 4 is 29.3 Å². The summed E-state index contributed by atoms with van der Waals surface area (Å²) in [7, 11) is 0. The molecule has 0 bridgehead atoms.